The molecule has 1 heterocycles. The summed E-state index contributed by atoms with van der Waals surface area (Å²) in [5, 5.41) is 1.02. The number of nitrogens with zero attached hydrogens (tertiary/aromatic N) is 2. The van der Waals surface area contributed by atoms with E-state index >= 15 is 0 Å². The second kappa shape index (κ2) is 12.6. The Morgan fingerprint density at radius 3 is 2.59 bits per heavy atom. The highest BCUT2D eigenvalue weighted by molar-refractivity contribution is 9.09. The molecule has 27 heavy (non-hydrogen) atoms. The molecule has 0 N–H and O–H groups in total. The number of alkyl halides is 1. The van der Waals surface area contributed by atoms with E-state index in [1.807, 2.05) is 0 Å². The van der Waals surface area contributed by atoms with E-state index in [1.165, 1.54) is 24.8 Å². The molecule has 0 saturated carbocycles. The quantitative estimate of drug-likeness (QED) is 0.341. The largest absolute Gasteiger partial charge is 0.343 e. The Labute approximate surface area is 174 Å². The van der Waals surface area contributed by atoms with Crippen LogP contribution in [0.25, 0.3) is 0 Å². The molecule has 1 amide bonds. The number of rotatable bonds is 10. The molecule has 4 heteroatoms. The van der Waals surface area contributed by atoms with Gasteiger partial charge in [-0.25, -0.2) is 0 Å². The highest BCUT2D eigenvalue weighted by atomic mass is 79.9. The van der Waals surface area contributed by atoms with Gasteiger partial charge in [0.1, 0.15) is 0 Å². The first-order valence-corrected chi connectivity index (χ1v) is 11.9. The van der Waals surface area contributed by atoms with Gasteiger partial charge in [-0.2, -0.15) is 0 Å². The predicted molar refractivity (Wildman–Crippen MR) is 118 cm³/mol. The summed E-state index contributed by atoms with van der Waals surface area (Å²) in [5.74, 6) is 0.357. The molecular weight excluding hydrogens is 400 g/mol. The molecule has 1 aliphatic rings. The lowest BCUT2D eigenvalue weighted by Gasteiger charge is -2.40. The van der Waals surface area contributed by atoms with E-state index in [0.29, 0.717) is 24.4 Å². The molecule has 1 fully saturated rings. The molecule has 0 bridgehead atoms. The first-order chi connectivity index (χ1) is 13.2. The Hall–Kier alpha value is -0.870. The maximum atomic E-state index is 13.0. The van der Waals surface area contributed by atoms with Crippen LogP contribution in [0.1, 0.15) is 76.8 Å². The summed E-state index contributed by atoms with van der Waals surface area (Å²) < 4.78 is 0. The summed E-state index contributed by atoms with van der Waals surface area (Å²) in [6, 6.07) is 11.5. The Kier molecular flexibility index (Phi) is 10.4. The van der Waals surface area contributed by atoms with Crippen molar-refractivity contribution in [1.82, 2.24) is 9.80 Å². The van der Waals surface area contributed by atoms with Crippen LogP contribution < -0.4 is 0 Å². The topological polar surface area (TPSA) is 23.6 Å². The number of unbranched alkanes of at least 4 members (excludes halogenated alkanes) is 3. The predicted octanol–water partition coefficient (Wildman–Crippen LogP) is 5.80. The third-order valence-corrected chi connectivity index (χ3v) is 6.37. The fourth-order valence-electron chi connectivity index (χ4n) is 4.16. The minimum absolute atomic E-state index is 0.357. The van der Waals surface area contributed by atoms with Crippen molar-refractivity contribution in [1.29, 1.82) is 0 Å². The van der Waals surface area contributed by atoms with E-state index in [9.17, 15) is 4.79 Å². The SMILES string of the molecule is CCCCC[C@@H]1CC(=O)N(CCCCBr)CCCN1[C@H](C)c1ccccc1. The van der Waals surface area contributed by atoms with Crippen LogP contribution in [0.3, 0.4) is 0 Å². The molecule has 1 aromatic carbocycles. The zero-order chi connectivity index (χ0) is 19.5. The van der Waals surface area contributed by atoms with Crippen LogP contribution in [0.5, 0.6) is 0 Å². The molecule has 0 aliphatic carbocycles. The van der Waals surface area contributed by atoms with Gasteiger partial charge in [0.25, 0.3) is 0 Å². The van der Waals surface area contributed by atoms with E-state index in [0.717, 1.165) is 50.6 Å². The lowest BCUT2D eigenvalue weighted by atomic mass is 9.97. The lowest BCUT2D eigenvalue weighted by Crippen LogP contribution is -2.46. The summed E-state index contributed by atoms with van der Waals surface area (Å²) >= 11 is 3.50. The summed E-state index contributed by atoms with van der Waals surface area (Å²) in [7, 11) is 0. The smallest absolute Gasteiger partial charge is 0.224 e. The van der Waals surface area contributed by atoms with E-state index in [-0.39, 0.29) is 0 Å². The average Bonchev–Trinajstić information content (AvgIpc) is 2.68. The Balaban J connectivity index is 2.09. The Bertz CT molecular complexity index is 536. The Morgan fingerprint density at radius 2 is 1.89 bits per heavy atom. The second-order valence-corrected chi connectivity index (χ2v) is 8.60. The standard InChI is InChI=1S/C23H37BrN2O/c1-3-4-6-14-22-19-23(27)25(16-10-9-15-24)17-11-18-26(22)20(2)21-12-7-5-8-13-21/h5,7-8,12-13,20,22H,3-4,6,9-11,14-19H2,1-2H3/t20-,22-/m1/s1. The molecule has 1 aromatic rings. The third-order valence-electron chi connectivity index (χ3n) is 5.81. The highest BCUT2D eigenvalue weighted by Crippen LogP contribution is 2.28. The molecular formula is C23H37BrN2O. The maximum absolute atomic E-state index is 13.0. The van der Waals surface area contributed by atoms with Crippen molar-refractivity contribution in [2.24, 2.45) is 0 Å². The monoisotopic (exact) mass is 436 g/mol. The van der Waals surface area contributed by atoms with Gasteiger partial charge in [-0.15, -0.1) is 0 Å². The Morgan fingerprint density at radius 1 is 1.11 bits per heavy atom. The minimum atomic E-state index is 0.357. The summed E-state index contributed by atoms with van der Waals surface area (Å²) in [5.41, 5.74) is 1.36. The molecule has 0 spiro atoms. The molecule has 2 atom stereocenters. The minimum Gasteiger partial charge on any atom is -0.343 e. The number of amides is 1. The first kappa shape index (κ1) is 22.4. The number of halogens is 1. The van der Waals surface area contributed by atoms with Crippen LogP contribution in [0.15, 0.2) is 30.3 Å². The summed E-state index contributed by atoms with van der Waals surface area (Å²) in [6.07, 6.45) is 8.82. The molecule has 0 unspecified atom stereocenters. The van der Waals surface area contributed by atoms with Crippen molar-refractivity contribution in [2.45, 2.75) is 77.3 Å². The molecule has 1 saturated heterocycles. The fourth-order valence-corrected chi connectivity index (χ4v) is 4.56. The van der Waals surface area contributed by atoms with Gasteiger partial charge in [-0.05, 0) is 38.2 Å². The second-order valence-electron chi connectivity index (χ2n) is 7.81. The molecule has 0 radical (unpaired) electrons. The van der Waals surface area contributed by atoms with Gasteiger partial charge in [0, 0.05) is 43.5 Å². The lowest BCUT2D eigenvalue weighted by molar-refractivity contribution is -0.134. The number of carbonyl (C=O) groups is 1. The van der Waals surface area contributed by atoms with Crippen molar-refractivity contribution in [3.63, 3.8) is 0 Å². The molecule has 0 aromatic heterocycles. The fraction of sp³-hybridized carbons (Fsp3) is 0.696. The number of benzene rings is 1. The number of hydrogen-bond acceptors (Lipinski definition) is 2. The average molecular weight is 437 g/mol. The first-order valence-electron chi connectivity index (χ1n) is 10.8. The van der Waals surface area contributed by atoms with Gasteiger partial charge in [0.15, 0.2) is 0 Å². The summed E-state index contributed by atoms with van der Waals surface area (Å²) in [6.45, 7) is 7.46. The van der Waals surface area contributed by atoms with E-state index in [4.69, 9.17) is 0 Å². The van der Waals surface area contributed by atoms with Gasteiger partial charge in [0.05, 0.1) is 0 Å². The van der Waals surface area contributed by atoms with Crippen LogP contribution >= 0.6 is 15.9 Å². The van der Waals surface area contributed by atoms with Gasteiger partial charge in [-0.1, -0.05) is 72.4 Å². The highest BCUT2D eigenvalue weighted by Gasteiger charge is 2.30. The van der Waals surface area contributed by atoms with Crippen LogP contribution in [0.4, 0.5) is 0 Å². The van der Waals surface area contributed by atoms with Gasteiger partial charge < -0.3 is 4.90 Å². The van der Waals surface area contributed by atoms with Crippen molar-refractivity contribution in [2.75, 3.05) is 25.0 Å². The summed E-state index contributed by atoms with van der Waals surface area (Å²) in [4.78, 5) is 17.7. The zero-order valence-electron chi connectivity index (χ0n) is 17.2. The third kappa shape index (κ3) is 7.23. The number of hydrogen-bond donors (Lipinski definition) is 0. The molecule has 3 nitrogen and oxygen atoms in total. The van der Waals surface area contributed by atoms with E-state index in [2.05, 4.69) is 69.9 Å². The van der Waals surface area contributed by atoms with Gasteiger partial charge in [-0.3, -0.25) is 9.69 Å². The van der Waals surface area contributed by atoms with E-state index < -0.39 is 0 Å². The van der Waals surface area contributed by atoms with Crippen molar-refractivity contribution in [3.05, 3.63) is 35.9 Å². The van der Waals surface area contributed by atoms with Gasteiger partial charge >= 0.3 is 0 Å². The normalized spacial score (nSPS) is 20.3. The van der Waals surface area contributed by atoms with Crippen molar-refractivity contribution in [3.8, 4) is 0 Å². The van der Waals surface area contributed by atoms with Crippen LogP contribution in [0, 0.1) is 0 Å². The van der Waals surface area contributed by atoms with E-state index in [1.54, 1.807) is 0 Å². The maximum Gasteiger partial charge on any atom is 0.224 e. The molecule has 2 rings (SSSR count). The van der Waals surface area contributed by atoms with Crippen LogP contribution in [-0.2, 0) is 4.79 Å². The van der Waals surface area contributed by atoms with Gasteiger partial charge in [0.2, 0.25) is 5.91 Å². The number of carbonyl (C=O) groups excluding carboxylic acids is 1. The zero-order valence-corrected chi connectivity index (χ0v) is 18.8. The van der Waals surface area contributed by atoms with Crippen molar-refractivity contribution >= 4 is 21.8 Å². The van der Waals surface area contributed by atoms with Crippen molar-refractivity contribution < 1.29 is 4.79 Å². The molecule has 1 aliphatic heterocycles. The van der Waals surface area contributed by atoms with Crippen LogP contribution in [0.2, 0.25) is 0 Å². The molecule has 152 valence electrons. The van der Waals surface area contributed by atoms with Crippen LogP contribution in [-0.4, -0.2) is 46.7 Å².